The van der Waals surface area contributed by atoms with E-state index in [1.54, 1.807) is 27.7 Å². The summed E-state index contributed by atoms with van der Waals surface area (Å²) in [4.78, 5) is 65.0. The molecule has 0 aromatic rings. The molecule has 11 nitrogen and oxygen atoms in total. The first-order chi connectivity index (χ1) is 17.0. The van der Waals surface area contributed by atoms with Crippen LogP contribution in [0.3, 0.4) is 0 Å². The number of nitrogens with zero attached hydrogens (tertiary/aromatic N) is 1. The van der Waals surface area contributed by atoms with Crippen LogP contribution in [0.15, 0.2) is 0 Å². The third-order valence-electron chi connectivity index (χ3n) is 6.22. The maximum Gasteiger partial charge on any atom is 0.327 e. The predicted molar refractivity (Wildman–Crippen MR) is 139 cm³/mol. The SMILES string of the molecule is CC(C)[C@H](NC(=O)[C@@H]1CCCN1)C(=O)N[C@H](C(=O)N(C(=O)CCCCCN)[C@@H](CS)C(=O)O)C(C)C. The highest BCUT2D eigenvalue weighted by molar-refractivity contribution is 7.80. The second-order valence-electron chi connectivity index (χ2n) is 9.85. The molecule has 36 heavy (non-hydrogen) atoms. The summed E-state index contributed by atoms with van der Waals surface area (Å²) in [5, 5.41) is 18.2. The van der Waals surface area contributed by atoms with Crippen LogP contribution in [-0.4, -0.2) is 82.6 Å². The lowest BCUT2D eigenvalue weighted by atomic mass is 9.98. The van der Waals surface area contributed by atoms with Crippen molar-refractivity contribution in [3.63, 3.8) is 0 Å². The Morgan fingerprint density at radius 1 is 1.03 bits per heavy atom. The van der Waals surface area contributed by atoms with Crippen molar-refractivity contribution in [2.45, 2.75) is 90.4 Å². The molecular weight excluding hydrogens is 486 g/mol. The molecule has 0 unspecified atom stereocenters. The Labute approximate surface area is 219 Å². The minimum absolute atomic E-state index is 0.0267. The smallest absolute Gasteiger partial charge is 0.327 e. The van der Waals surface area contributed by atoms with Gasteiger partial charge in [0, 0.05) is 12.2 Å². The number of rotatable bonds is 15. The molecule has 0 aliphatic carbocycles. The zero-order valence-electron chi connectivity index (χ0n) is 21.8. The molecule has 1 heterocycles. The molecule has 1 aliphatic rings. The van der Waals surface area contributed by atoms with E-state index >= 15 is 0 Å². The van der Waals surface area contributed by atoms with Crippen LogP contribution in [0.1, 0.15) is 66.2 Å². The normalized spacial score (nSPS) is 17.9. The monoisotopic (exact) mass is 529 g/mol. The fraction of sp³-hybridized carbons (Fsp3) is 0.792. The summed E-state index contributed by atoms with van der Waals surface area (Å²) in [6.45, 7) is 8.13. The third kappa shape index (κ3) is 9.36. The van der Waals surface area contributed by atoms with Crippen molar-refractivity contribution in [2.24, 2.45) is 17.6 Å². The number of nitrogens with one attached hydrogen (secondary N) is 3. The Bertz CT molecular complexity index is 772. The average Bonchev–Trinajstić information content (AvgIpc) is 3.35. The van der Waals surface area contributed by atoms with Gasteiger partial charge in [-0.1, -0.05) is 34.1 Å². The fourth-order valence-electron chi connectivity index (χ4n) is 4.04. The van der Waals surface area contributed by atoms with E-state index in [1.165, 1.54) is 0 Å². The third-order valence-corrected chi connectivity index (χ3v) is 6.57. The van der Waals surface area contributed by atoms with E-state index in [0.29, 0.717) is 37.1 Å². The van der Waals surface area contributed by atoms with Crippen molar-refractivity contribution in [2.75, 3.05) is 18.8 Å². The first-order valence-corrected chi connectivity index (χ1v) is 13.3. The van der Waals surface area contributed by atoms with E-state index in [1.807, 2.05) is 0 Å². The molecule has 6 N–H and O–H groups in total. The summed E-state index contributed by atoms with van der Waals surface area (Å²) in [5.41, 5.74) is 5.49. The Balaban J connectivity index is 3.11. The van der Waals surface area contributed by atoms with E-state index in [0.717, 1.165) is 13.0 Å². The maximum absolute atomic E-state index is 13.6. The molecule has 12 heteroatoms. The first kappa shape index (κ1) is 31.8. The summed E-state index contributed by atoms with van der Waals surface area (Å²) in [6, 6.07) is -3.93. The molecule has 1 saturated heterocycles. The zero-order valence-corrected chi connectivity index (χ0v) is 22.7. The van der Waals surface area contributed by atoms with Gasteiger partial charge in [0.2, 0.25) is 17.7 Å². The van der Waals surface area contributed by atoms with Gasteiger partial charge in [0.05, 0.1) is 6.04 Å². The largest absolute Gasteiger partial charge is 0.480 e. The molecule has 1 aliphatic heterocycles. The van der Waals surface area contributed by atoms with E-state index in [4.69, 9.17) is 5.73 Å². The number of hydrogen-bond acceptors (Lipinski definition) is 8. The number of imide groups is 1. The van der Waals surface area contributed by atoms with Crippen molar-refractivity contribution >= 4 is 42.2 Å². The van der Waals surface area contributed by atoms with Gasteiger partial charge in [0.25, 0.3) is 5.91 Å². The molecule has 4 amide bonds. The molecular formula is C24H43N5O6S. The number of nitrogens with two attached hydrogens (primary N) is 1. The number of aliphatic carboxylic acids is 1. The number of hydrogen-bond donors (Lipinski definition) is 6. The lowest BCUT2D eigenvalue weighted by Gasteiger charge is -2.33. The topological polar surface area (TPSA) is 171 Å². The van der Waals surface area contributed by atoms with Crippen LogP contribution in [0.5, 0.6) is 0 Å². The number of carboxylic acids is 1. The summed E-state index contributed by atoms with van der Waals surface area (Å²) in [7, 11) is 0. The maximum atomic E-state index is 13.6. The fourth-order valence-corrected chi connectivity index (χ4v) is 4.36. The number of carbonyl (C=O) groups excluding carboxylic acids is 4. The number of amides is 4. The lowest BCUT2D eigenvalue weighted by Crippen LogP contribution is -2.61. The molecule has 0 saturated carbocycles. The Morgan fingerprint density at radius 3 is 2.14 bits per heavy atom. The molecule has 206 valence electrons. The van der Waals surface area contributed by atoms with Crippen LogP contribution in [0.2, 0.25) is 0 Å². The Hall–Kier alpha value is -2.18. The molecule has 0 spiro atoms. The van der Waals surface area contributed by atoms with Crippen LogP contribution in [0.4, 0.5) is 0 Å². The number of carboxylic acid groups (broad SMARTS) is 1. The van der Waals surface area contributed by atoms with Gasteiger partial charge in [-0.3, -0.25) is 24.1 Å². The first-order valence-electron chi connectivity index (χ1n) is 12.7. The van der Waals surface area contributed by atoms with E-state index in [-0.39, 0.29) is 30.0 Å². The minimum Gasteiger partial charge on any atom is -0.480 e. The van der Waals surface area contributed by atoms with Crippen molar-refractivity contribution < 1.29 is 29.1 Å². The van der Waals surface area contributed by atoms with Gasteiger partial charge in [0.15, 0.2) is 0 Å². The van der Waals surface area contributed by atoms with Crippen LogP contribution < -0.4 is 21.7 Å². The molecule has 0 aromatic heterocycles. The number of thiol groups is 1. The van der Waals surface area contributed by atoms with Gasteiger partial charge < -0.3 is 26.8 Å². The minimum atomic E-state index is -1.48. The van der Waals surface area contributed by atoms with E-state index < -0.39 is 47.7 Å². The second kappa shape index (κ2) is 15.8. The van der Waals surface area contributed by atoms with Crippen LogP contribution in [-0.2, 0) is 24.0 Å². The Kier molecular flexibility index (Phi) is 14.0. The van der Waals surface area contributed by atoms with Crippen LogP contribution in [0, 0.1) is 11.8 Å². The highest BCUT2D eigenvalue weighted by Crippen LogP contribution is 2.16. The quantitative estimate of drug-likeness (QED) is 0.130. The standard InChI is InChI=1S/C24H43N5O6S/c1-14(2)19(27-21(31)16-9-8-12-26-16)22(32)28-20(15(3)4)23(33)29(17(13-36)24(34)35)18(30)10-6-5-7-11-25/h14-17,19-20,26,36H,5-13,25H2,1-4H3,(H,27,31)(H,28,32)(H,34,35)/t16-,17-,19-,20-/m0/s1. The summed E-state index contributed by atoms with van der Waals surface area (Å²) in [6.07, 6.45) is 3.34. The highest BCUT2D eigenvalue weighted by atomic mass is 32.1. The molecule has 1 fully saturated rings. The van der Waals surface area contributed by atoms with Gasteiger partial charge in [-0.15, -0.1) is 0 Å². The van der Waals surface area contributed by atoms with Gasteiger partial charge in [-0.05, 0) is 50.6 Å². The van der Waals surface area contributed by atoms with Gasteiger partial charge >= 0.3 is 5.97 Å². The molecule has 0 radical (unpaired) electrons. The van der Waals surface area contributed by atoms with Crippen molar-refractivity contribution in [1.29, 1.82) is 0 Å². The molecule has 4 atom stereocenters. The lowest BCUT2D eigenvalue weighted by molar-refractivity contribution is -0.159. The molecule has 0 bridgehead atoms. The van der Waals surface area contributed by atoms with E-state index in [9.17, 15) is 29.1 Å². The molecule has 0 aromatic carbocycles. The van der Waals surface area contributed by atoms with Gasteiger partial charge in [-0.25, -0.2) is 4.79 Å². The Morgan fingerprint density at radius 2 is 1.67 bits per heavy atom. The predicted octanol–water partition coefficient (Wildman–Crippen LogP) is 0.277. The van der Waals surface area contributed by atoms with Crippen molar-refractivity contribution in [1.82, 2.24) is 20.9 Å². The van der Waals surface area contributed by atoms with E-state index in [2.05, 4.69) is 28.6 Å². The summed E-state index contributed by atoms with van der Waals surface area (Å²) >= 11 is 4.05. The van der Waals surface area contributed by atoms with Crippen LogP contribution in [0.25, 0.3) is 0 Å². The zero-order chi connectivity index (χ0) is 27.4. The summed E-state index contributed by atoms with van der Waals surface area (Å²) in [5.74, 6) is -4.67. The van der Waals surface area contributed by atoms with Gasteiger partial charge in [0.1, 0.15) is 18.1 Å². The van der Waals surface area contributed by atoms with Crippen molar-refractivity contribution in [3.8, 4) is 0 Å². The number of unbranched alkanes of at least 4 members (excludes halogenated alkanes) is 2. The van der Waals surface area contributed by atoms with Crippen LogP contribution >= 0.6 is 12.6 Å². The summed E-state index contributed by atoms with van der Waals surface area (Å²) < 4.78 is 0. The van der Waals surface area contributed by atoms with Gasteiger partial charge in [-0.2, -0.15) is 12.6 Å². The second-order valence-corrected chi connectivity index (χ2v) is 10.2. The van der Waals surface area contributed by atoms with Crippen molar-refractivity contribution in [3.05, 3.63) is 0 Å². The highest BCUT2D eigenvalue weighted by Gasteiger charge is 2.40. The molecule has 1 rings (SSSR count). The average molecular weight is 530 g/mol. The number of carbonyl (C=O) groups is 5.